The standard InChI is InChI=1S/C9H4BrClN2O2/c10-9(11)7-2-1-6(12-4-14)3-8(7)13-5-15/h1-3,9H. The maximum absolute atomic E-state index is 10.2. The first-order valence-electron chi connectivity index (χ1n) is 3.77. The highest BCUT2D eigenvalue weighted by atomic mass is 79.9. The minimum atomic E-state index is -0.473. The number of nitrogens with zero attached hydrogens (tertiary/aromatic N) is 2. The molecular weight excluding hydrogens is 283 g/mol. The van der Waals surface area contributed by atoms with Gasteiger partial charge in [0.15, 0.2) is 0 Å². The molecule has 4 nitrogen and oxygen atoms in total. The summed E-state index contributed by atoms with van der Waals surface area (Å²) in [5, 5.41) is 0. The molecule has 0 amide bonds. The van der Waals surface area contributed by atoms with Crippen molar-refractivity contribution in [3.05, 3.63) is 23.8 Å². The maximum atomic E-state index is 10.2. The van der Waals surface area contributed by atoms with E-state index in [0.717, 1.165) is 0 Å². The predicted molar refractivity (Wildman–Crippen MR) is 59.5 cm³/mol. The van der Waals surface area contributed by atoms with E-state index in [2.05, 4.69) is 25.9 Å². The normalized spacial score (nSPS) is 11.1. The van der Waals surface area contributed by atoms with Gasteiger partial charge in [0, 0.05) is 5.56 Å². The smallest absolute Gasteiger partial charge is 0.211 e. The van der Waals surface area contributed by atoms with Crippen LogP contribution in [0.2, 0.25) is 0 Å². The Morgan fingerprint density at radius 1 is 1.27 bits per heavy atom. The van der Waals surface area contributed by atoms with E-state index in [1.54, 1.807) is 12.1 Å². The number of aliphatic imine (C=N–C) groups is 2. The van der Waals surface area contributed by atoms with Crippen molar-refractivity contribution in [2.24, 2.45) is 9.98 Å². The molecule has 0 radical (unpaired) electrons. The fraction of sp³-hybridized carbons (Fsp3) is 0.111. The van der Waals surface area contributed by atoms with E-state index in [0.29, 0.717) is 16.9 Å². The molecule has 0 aliphatic heterocycles. The Kier molecular flexibility index (Phi) is 4.40. The first-order valence-corrected chi connectivity index (χ1v) is 5.12. The van der Waals surface area contributed by atoms with Gasteiger partial charge in [-0.05, 0) is 12.1 Å². The molecule has 15 heavy (non-hydrogen) atoms. The fourth-order valence-corrected chi connectivity index (χ4v) is 1.56. The summed E-state index contributed by atoms with van der Waals surface area (Å²) in [5.41, 5.74) is 1.27. The first kappa shape index (κ1) is 11.8. The van der Waals surface area contributed by atoms with E-state index in [1.165, 1.54) is 18.2 Å². The maximum Gasteiger partial charge on any atom is 0.240 e. The molecule has 0 spiro atoms. The molecule has 1 unspecified atom stereocenters. The van der Waals surface area contributed by atoms with Gasteiger partial charge in [-0.1, -0.05) is 22.0 Å². The summed E-state index contributed by atoms with van der Waals surface area (Å²) < 4.78 is -0.473. The summed E-state index contributed by atoms with van der Waals surface area (Å²) in [7, 11) is 0. The Morgan fingerprint density at radius 2 is 1.93 bits per heavy atom. The Morgan fingerprint density at radius 3 is 2.47 bits per heavy atom. The lowest BCUT2D eigenvalue weighted by atomic mass is 10.2. The van der Waals surface area contributed by atoms with Crippen LogP contribution < -0.4 is 0 Å². The number of rotatable bonds is 3. The van der Waals surface area contributed by atoms with Crippen LogP contribution in [-0.4, -0.2) is 12.2 Å². The second-order valence-corrected chi connectivity index (χ2v) is 4.33. The van der Waals surface area contributed by atoms with Crippen LogP contribution in [-0.2, 0) is 9.59 Å². The van der Waals surface area contributed by atoms with Crippen molar-refractivity contribution in [3.63, 3.8) is 0 Å². The van der Waals surface area contributed by atoms with Crippen LogP contribution in [0.1, 0.15) is 9.85 Å². The zero-order valence-corrected chi connectivity index (χ0v) is 9.62. The lowest BCUT2D eigenvalue weighted by Crippen LogP contribution is -1.81. The van der Waals surface area contributed by atoms with E-state index in [-0.39, 0.29) is 0 Å². The third kappa shape index (κ3) is 3.11. The SMILES string of the molecule is O=C=Nc1ccc(C(Cl)Br)c(N=C=O)c1. The number of isocyanates is 2. The Hall–Kier alpha value is -1.25. The van der Waals surface area contributed by atoms with Gasteiger partial charge in [-0.2, -0.15) is 9.98 Å². The molecule has 6 heteroatoms. The van der Waals surface area contributed by atoms with Gasteiger partial charge >= 0.3 is 0 Å². The Bertz CT molecular complexity index is 463. The van der Waals surface area contributed by atoms with E-state index < -0.39 is 4.29 Å². The minimum absolute atomic E-state index is 0.318. The van der Waals surface area contributed by atoms with Gasteiger partial charge in [0.1, 0.15) is 4.29 Å². The van der Waals surface area contributed by atoms with Crippen molar-refractivity contribution in [1.82, 2.24) is 0 Å². The highest BCUT2D eigenvalue weighted by Crippen LogP contribution is 2.36. The van der Waals surface area contributed by atoms with Crippen LogP contribution in [0.5, 0.6) is 0 Å². The quantitative estimate of drug-likeness (QED) is 0.487. The molecule has 1 aromatic carbocycles. The zero-order chi connectivity index (χ0) is 11.3. The number of carbonyl (C=O) groups excluding carboxylic acids is 2. The molecule has 0 saturated carbocycles. The molecule has 0 aromatic heterocycles. The highest BCUT2D eigenvalue weighted by molar-refractivity contribution is 9.09. The van der Waals surface area contributed by atoms with Crippen LogP contribution in [0.3, 0.4) is 0 Å². The van der Waals surface area contributed by atoms with Crippen molar-refractivity contribution in [1.29, 1.82) is 0 Å². The molecule has 0 heterocycles. The van der Waals surface area contributed by atoms with E-state index in [4.69, 9.17) is 11.6 Å². The summed E-state index contributed by atoms with van der Waals surface area (Å²) in [6.45, 7) is 0. The summed E-state index contributed by atoms with van der Waals surface area (Å²) in [6, 6.07) is 4.63. The number of halogens is 2. The Balaban J connectivity index is 3.32. The molecule has 1 atom stereocenters. The number of hydrogen-bond donors (Lipinski definition) is 0. The third-order valence-electron chi connectivity index (χ3n) is 1.59. The van der Waals surface area contributed by atoms with Gasteiger partial charge in [0.25, 0.3) is 0 Å². The molecule has 1 aromatic rings. The zero-order valence-electron chi connectivity index (χ0n) is 7.28. The molecule has 76 valence electrons. The molecular formula is C9H4BrClN2O2. The molecule has 0 fully saturated rings. The van der Waals surface area contributed by atoms with Crippen molar-refractivity contribution >= 4 is 51.1 Å². The third-order valence-corrected chi connectivity index (χ3v) is 2.32. The monoisotopic (exact) mass is 286 g/mol. The van der Waals surface area contributed by atoms with Crippen LogP contribution in [0.25, 0.3) is 0 Å². The second kappa shape index (κ2) is 5.59. The first-order chi connectivity index (χ1) is 7.19. The number of hydrogen-bond acceptors (Lipinski definition) is 4. The number of benzene rings is 1. The largest absolute Gasteiger partial charge is 0.240 e. The minimum Gasteiger partial charge on any atom is -0.211 e. The lowest BCUT2D eigenvalue weighted by molar-refractivity contribution is 0.565. The van der Waals surface area contributed by atoms with Crippen LogP contribution in [0.4, 0.5) is 11.4 Å². The van der Waals surface area contributed by atoms with Crippen molar-refractivity contribution < 1.29 is 9.59 Å². The molecule has 0 saturated heterocycles. The van der Waals surface area contributed by atoms with Gasteiger partial charge in [0.05, 0.1) is 11.4 Å². The van der Waals surface area contributed by atoms with E-state index >= 15 is 0 Å². The van der Waals surface area contributed by atoms with Crippen LogP contribution >= 0.6 is 27.5 Å². The van der Waals surface area contributed by atoms with Crippen molar-refractivity contribution in [2.45, 2.75) is 4.29 Å². The average molecular weight is 288 g/mol. The topological polar surface area (TPSA) is 58.9 Å². The lowest BCUT2D eigenvalue weighted by Gasteiger charge is -2.04. The fourth-order valence-electron chi connectivity index (χ4n) is 0.985. The molecule has 0 aliphatic carbocycles. The van der Waals surface area contributed by atoms with Gasteiger partial charge in [-0.15, -0.1) is 11.6 Å². The summed E-state index contributed by atoms with van der Waals surface area (Å²) in [4.78, 5) is 27.0. The van der Waals surface area contributed by atoms with E-state index in [1.807, 2.05) is 0 Å². The van der Waals surface area contributed by atoms with Crippen molar-refractivity contribution in [2.75, 3.05) is 0 Å². The van der Waals surface area contributed by atoms with E-state index in [9.17, 15) is 9.59 Å². The van der Waals surface area contributed by atoms with Gasteiger partial charge in [-0.3, -0.25) is 0 Å². The van der Waals surface area contributed by atoms with Crippen LogP contribution in [0.15, 0.2) is 28.2 Å². The Labute approximate surface area is 98.8 Å². The number of alkyl halides is 2. The summed E-state index contributed by atoms with van der Waals surface area (Å²) in [5.74, 6) is 0. The highest BCUT2D eigenvalue weighted by Gasteiger charge is 2.09. The molecule has 0 aliphatic rings. The summed E-state index contributed by atoms with van der Waals surface area (Å²) >= 11 is 8.93. The average Bonchev–Trinajstić information content (AvgIpc) is 2.18. The second-order valence-electron chi connectivity index (χ2n) is 2.45. The van der Waals surface area contributed by atoms with Crippen molar-refractivity contribution in [3.8, 4) is 0 Å². The van der Waals surface area contributed by atoms with Crippen LogP contribution in [0, 0.1) is 0 Å². The van der Waals surface area contributed by atoms with Gasteiger partial charge in [-0.25, -0.2) is 9.59 Å². The summed E-state index contributed by atoms with van der Waals surface area (Å²) in [6.07, 6.45) is 2.80. The van der Waals surface area contributed by atoms with Gasteiger partial charge < -0.3 is 0 Å². The predicted octanol–water partition coefficient (Wildman–Crippen LogP) is 3.25. The van der Waals surface area contributed by atoms with Gasteiger partial charge in [0.2, 0.25) is 12.2 Å². The molecule has 1 rings (SSSR count). The molecule has 0 N–H and O–H groups in total. The molecule has 0 bridgehead atoms.